The van der Waals surface area contributed by atoms with E-state index in [2.05, 4.69) is 0 Å². The summed E-state index contributed by atoms with van der Waals surface area (Å²) in [4.78, 5) is 25.3. The van der Waals surface area contributed by atoms with Crippen molar-refractivity contribution in [1.29, 1.82) is 0 Å². The van der Waals surface area contributed by atoms with E-state index in [1.165, 1.54) is 23.9 Å². The molecule has 0 heterocycles. The van der Waals surface area contributed by atoms with Crippen LogP contribution in [-0.2, 0) is 28.5 Å². The number of phenolic OH excluding ortho intramolecular Hbond substituents is 1. The number of rotatable bonds is 8. The van der Waals surface area contributed by atoms with Crippen molar-refractivity contribution >= 4 is 56.6 Å². The summed E-state index contributed by atoms with van der Waals surface area (Å²) in [6.07, 6.45) is 0. The Bertz CT molecular complexity index is 1190. The summed E-state index contributed by atoms with van der Waals surface area (Å²) in [5.41, 5.74) is 0.958. The molecule has 0 unspecified atom stereocenters. The molecule has 0 atom stereocenters. The quantitative estimate of drug-likeness (QED) is 0.241. The van der Waals surface area contributed by atoms with E-state index in [0.29, 0.717) is 0 Å². The number of carbonyl (C=O) groups excluding carboxylic acids is 2. The molecule has 0 aromatic heterocycles. The molecular weight excluding hydrogens is 571 g/mol. The van der Waals surface area contributed by atoms with E-state index in [-0.39, 0.29) is 44.4 Å². The number of benzene rings is 2. The fraction of sp³-hybridized carbons (Fsp3) is 0.440. The third-order valence-electron chi connectivity index (χ3n) is 5.00. The van der Waals surface area contributed by atoms with Crippen molar-refractivity contribution in [2.75, 3.05) is 12.4 Å². The second kappa shape index (κ2) is 11.3. The molecule has 191 valence electrons. The van der Waals surface area contributed by atoms with Crippen molar-refractivity contribution in [3.63, 3.8) is 0 Å². The van der Waals surface area contributed by atoms with Crippen molar-refractivity contribution in [3.8, 4) is 5.75 Å². The Hall–Kier alpha value is -1.47. The van der Waals surface area contributed by atoms with Gasteiger partial charge in [-0.15, -0.1) is 0 Å². The van der Waals surface area contributed by atoms with Gasteiger partial charge < -0.3 is 0 Å². The average Bonchev–Trinajstić information content (AvgIpc) is 2.71. The molecule has 0 saturated carbocycles. The summed E-state index contributed by atoms with van der Waals surface area (Å²) in [5, 5.41) is 10.8. The molecule has 1 radical (unpaired) electrons. The second-order valence-electron chi connectivity index (χ2n) is 9.98. The van der Waals surface area contributed by atoms with Gasteiger partial charge in [0.25, 0.3) is 0 Å². The first-order chi connectivity index (χ1) is 16.0. The number of ether oxygens (including phenoxy) is 1. The Labute approximate surface area is 222 Å². The van der Waals surface area contributed by atoms with Crippen LogP contribution in [0, 0.1) is 0 Å². The van der Waals surface area contributed by atoms with Gasteiger partial charge in [-0.05, 0) is 0 Å². The molecule has 0 fully saturated rings. The number of carbonyl (C=O) groups is 2. The average molecular weight is 602 g/mol. The van der Waals surface area contributed by atoms with E-state index in [9.17, 15) is 23.1 Å². The molecule has 1 N–H and O–H groups in total. The maximum atomic E-state index is 13.0. The molecule has 0 aliphatic heterocycles. The first-order valence-corrected chi connectivity index (χ1v) is 17.0. The van der Waals surface area contributed by atoms with Gasteiger partial charge in [-0.25, -0.2) is 0 Å². The van der Waals surface area contributed by atoms with Crippen molar-refractivity contribution < 1.29 is 27.9 Å². The van der Waals surface area contributed by atoms with Crippen molar-refractivity contribution in [1.82, 2.24) is 0 Å². The molecule has 0 spiro atoms. The Morgan fingerprint density at radius 1 is 1.03 bits per heavy atom. The second-order valence-corrected chi connectivity index (χ2v) is 18.2. The first kappa shape index (κ1) is 29.8. The fourth-order valence-corrected chi connectivity index (χ4v) is 10.5. The molecular formula is C25H31AsClO6S2. The van der Waals surface area contributed by atoms with Crippen LogP contribution in [0.2, 0.25) is 5.02 Å². The molecule has 0 aliphatic carbocycles. The molecule has 35 heavy (non-hydrogen) atoms. The van der Waals surface area contributed by atoms with Gasteiger partial charge in [-0.1, -0.05) is 0 Å². The Kier molecular flexibility index (Phi) is 9.59. The Morgan fingerprint density at radius 2 is 1.57 bits per heavy atom. The van der Waals surface area contributed by atoms with Gasteiger partial charge in [0.15, 0.2) is 0 Å². The van der Waals surface area contributed by atoms with E-state index < -0.39 is 33.2 Å². The van der Waals surface area contributed by atoms with Gasteiger partial charge in [0.2, 0.25) is 0 Å². The van der Waals surface area contributed by atoms with Crippen LogP contribution in [0.4, 0.5) is 0 Å². The van der Waals surface area contributed by atoms with Crippen LogP contribution in [-0.4, -0.2) is 51.0 Å². The number of phenols is 1. The topological polar surface area (TPSA) is 97.7 Å². The van der Waals surface area contributed by atoms with Gasteiger partial charge in [-0.2, -0.15) is 0 Å². The number of hydrogen-bond donors (Lipinski definition) is 1. The van der Waals surface area contributed by atoms with Crippen LogP contribution in [0.5, 0.6) is 5.75 Å². The van der Waals surface area contributed by atoms with Crippen molar-refractivity contribution in [3.05, 3.63) is 52.0 Å². The van der Waals surface area contributed by atoms with Crippen LogP contribution in [0.15, 0.2) is 40.1 Å². The fourth-order valence-electron chi connectivity index (χ4n) is 3.23. The third kappa shape index (κ3) is 7.75. The Balaban J connectivity index is 2.27. The summed E-state index contributed by atoms with van der Waals surface area (Å²) in [5.74, 6) is -0.451. The van der Waals surface area contributed by atoms with Crippen LogP contribution in [0.3, 0.4) is 0 Å². The minimum absolute atomic E-state index is 0.0354. The maximum absolute atomic E-state index is 13.0. The molecule has 0 amide bonds. The van der Waals surface area contributed by atoms with Gasteiger partial charge in [0.1, 0.15) is 0 Å². The van der Waals surface area contributed by atoms with Gasteiger partial charge in [0, 0.05) is 0 Å². The first-order valence-electron chi connectivity index (χ1n) is 11.0. The van der Waals surface area contributed by atoms with Gasteiger partial charge in [0.05, 0.1) is 0 Å². The molecule has 0 aliphatic rings. The van der Waals surface area contributed by atoms with Crippen LogP contribution in [0.25, 0.3) is 0 Å². The van der Waals surface area contributed by atoms with E-state index >= 15 is 0 Å². The van der Waals surface area contributed by atoms with Crippen molar-refractivity contribution in [2.45, 2.75) is 69.1 Å². The standard InChI is InChI=1S/C25H31AsClO6S2/c1-8-33-23(30)15-9-10-19(27)20(11-15)35(31,32)26-21(28)14-34-16-12-17(24(2,3)4)22(29)18(13-16)25(5,6)7/h9-13,29H,8,14H2,1-7H3. The summed E-state index contributed by atoms with van der Waals surface area (Å²) >= 11 is 5.56. The molecule has 2 rings (SSSR count). The molecule has 0 saturated heterocycles. The van der Waals surface area contributed by atoms with E-state index in [4.69, 9.17) is 16.3 Å². The van der Waals surface area contributed by atoms with Crippen LogP contribution in [0.1, 0.15) is 70.0 Å². The minimum atomic E-state index is -3.98. The molecule has 2 aromatic rings. The summed E-state index contributed by atoms with van der Waals surface area (Å²) < 4.78 is 30.4. The number of thioether (sulfide) groups is 1. The van der Waals surface area contributed by atoms with Crippen LogP contribution >= 0.6 is 23.4 Å². The number of aromatic hydroxyl groups is 1. The Morgan fingerprint density at radius 3 is 2.06 bits per heavy atom. The number of hydrogen-bond acceptors (Lipinski definition) is 7. The third-order valence-corrected chi connectivity index (χ3v) is 12.6. The molecule has 2 aromatic carbocycles. The van der Waals surface area contributed by atoms with E-state index in [1.807, 2.05) is 53.7 Å². The van der Waals surface area contributed by atoms with Gasteiger partial charge in [-0.3, -0.25) is 0 Å². The molecule has 0 bridgehead atoms. The number of esters is 1. The van der Waals surface area contributed by atoms with Crippen LogP contribution < -0.4 is 0 Å². The zero-order chi connectivity index (χ0) is 26.8. The normalized spacial score (nSPS) is 12.8. The van der Waals surface area contributed by atoms with E-state index in [0.717, 1.165) is 22.1 Å². The van der Waals surface area contributed by atoms with E-state index in [1.54, 1.807) is 6.92 Å². The monoisotopic (exact) mass is 601 g/mol. The zero-order valence-electron chi connectivity index (χ0n) is 20.9. The van der Waals surface area contributed by atoms with Gasteiger partial charge >= 0.3 is 224 Å². The number of halogens is 1. The predicted octanol–water partition coefficient (Wildman–Crippen LogP) is 5.53. The molecule has 10 heteroatoms. The summed E-state index contributed by atoms with van der Waals surface area (Å²) in [7, 11) is -3.98. The summed E-state index contributed by atoms with van der Waals surface area (Å²) in [6.45, 7) is 13.8. The SMILES string of the molecule is CCOC(=O)c1ccc(Cl)c(S(=O)(=O)[As]C(=O)CSc2cc(C(C)(C)C)c(O)c(C(C)(C)C)c2)c1. The van der Waals surface area contributed by atoms with Crippen molar-refractivity contribution in [2.24, 2.45) is 0 Å². The molecule has 6 nitrogen and oxygen atoms in total. The predicted molar refractivity (Wildman–Crippen MR) is 142 cm³/mol. The summed E-state index contributed by atoms with van der Waals surface area (Å²) in [6, 6.07) is 7.58. The zero-order valence-corrected chi connectivity index (χ0v) is 25.2.